The first-order valence-electron chi connectivity index (χ1n) is 5.04. The highest BCUT2D eigenvalue weighted by Crippen LogP contribution is 2.21. The third kappa shape index (κ3) is 6.62. The van der Waals surface area contributed by atoms with Crippen molar-refractivity contribution in [1.82, 2.24) is 4.90 Å². The summed E-state index contributed by atoms with van der Waals surface area (Å²) < 4.78 is 4.86. The molecule has 0 N–H and O–H groups in total. The lowest BCUT2D eigenvalue weighted by molar-refractivity contribution is 0.183. The highest BCUT2D eigenvalue weighted by Gasteiger charge is 2.19. The molecule has 0 radical (unpaired) electrons. The molecule has 2 rings (SSSR count). The van der Waals surface area contributed by atoms with Crippen LogP contribution in [0.1, 0.15) is 33.1 Å². The van der Waals surface area contributed by atoms with Gasteiger partial charge in [-0.3, -0.25) is 0 Å². The third-order valence-electron chi connectivity index (χ3n) is 1.94. The minimum atomic E-state index is 0.634. The monoisotopic (exact) mass is 173 g/mol. The third-order valence-corrected chi connectivity index (χ3v) is 1.94. The van der Waals surface area contributed by atoms with Crippen molar-refractivity contribution < 1.29 is 4.74 Å². The van der Waals surface area contributed by atoms with Crippen molar-refractivity contribution in [2.45, 2.75) is 39.2 Å². The predicted molar refractivity (Wildman–Crippen MR) is 53.5 cm³/mol. The summed E-state index contributed by atoms with van der Waals surface area (Å²) >= 11 is 0. The maximum atomic E-state index is 4.86. The van der Waals surface area contributed by atoms with Gasteiger partial charge in [0.2, 0.25) is 0 Å². The van der Waals surface area contributed by atoms with Gasteiger partial charge in [-0.2, -0.15) is 0 Å². The van der Waals surface area contributed by atoms with E-state index in [9.17, 15) is 0 Å². The fraction of sp³-hybridized carbons (Fsp3) is 1.00. The van der Waals surface area contributed by atoms with Crippen molar-refractivity contribution in [3.63, 3.8) is 0 Å². The second kappa shape index (κ2) is 7.56. The van der Waals surface area contributed by atoms with Gasteiger partial charge in [0.25, 0.3) is 0 Å². The maximum absolute atomic E-state index is 4.86. The van der Waals surface area contributed by atoms with Gasteiger partial charge in [-0.05, 0) is 39.4 Å². The molecule has 74 valence electrons. The Bertz CT molecular complexity index is 87.8. The Hall–Kier alpha value is -0.0800. The highest BCUT2D eigenvalue weighted by molar-refractivity contribution is 4.71. The zero-order valence-corrected chi connectivity index (χ0v) is 8.97. The average Bonchev–Trinajstić information content (AvgIpc) is 2.88. The minimum absolute atomic E-state index is 0.634. The Labute approximate surface area is 76.9 Å². The molecule has 1 heterocycles. The molecule has 2 aliphatic rings. The number of hydrogen-bond acceptors (Lipinski definition) is 2. The lowest BCUT2D eigenvalue weighted by Crippen LogP contribution is -2.32. The van der Waals surface area contributed by atoms with Gasteiger partial charge in [0.15, 0.2) is 0 Å². The molecule has 1 aliphatic heterocycles. The number of methoxy groups -OCH3 is 1. The summed E-state index contributed by atoms with van der Waals surface area (Å²) in [5, 5.41) is 0. The molecule has 0 bridgehead atoms. The maximum Gasteiger partial charge on any atom is 0.0573 e. The fourth-order valence-electron chi connectivity index (χ4n) is 0.778. The molecule has 0 spiro atoms. The summed E-state index contributed by atoms with van der Waals surface area (Å²) in [5.74, 6) is 0. The van der Waals surface area contributed by atoms with E-state index >= 15 is 0 Å². The van der Waals surface area contributed by atoms with Crippen LogP contribution in [0.5, 0.6) is 0 Å². The molecule has 2 heteroatoms. The number of hydrogen-bond donors (Lipinski definition) is 0. The van der Waals surface area contributed by atoms with Gasteiger partial charge in [0, 0.05) is 7.11 Å². The molecule has 0 aromatic carbocycles. The van der Waals surface area contributed by atoms with Crippen LogP contribution in [-0.4, -0.2) is 38.3 Å². The zero-order chi connectivity index (χ0) is 9.40. The van der Waals surface area contributed by atoms with Crippen LogP contribution in [0, 0.1) is 0 Å². The molecule has 0 atom stereocenters. The molecule has 1 saturated heterocycles. The molecule has 0 aromatic heterocycles. The first-order valence-corrected chi connectivity index (χ1v) is 5.04. The van der Waals surface area contributed by atoms with E-state index in [4.69, 9.17) is 4.74 Å². The van der Waals surface area contributed by atoms with Gasteiger partial charge in [0.1, 0.15) is 0 Å². The van der Waals surface area contributed by atoms with Crippen LogP contribution >= 0.6 is 0 Å². The van der Waals surface area contributed by atoms with Crippen molar-refractivity contribution in [1.29, 1.82) is 0 Å². The van der Waals surface area contributed by atoms with Crippen LogP contribution in [0.2, 0.25) is 0 Å². The van der Waals surface area contributed by atoms with E-state index in [0.717, 1.165) is 0 Å². The number of ether oxygens (including phenoxy) is 1. The normalized spacial score (nSPS) is 21.0. The molecule has 1 aliphatic carbocycles. The molecular formula is C10H23NO. The van der Waals surface area contributed by atoms with Crippen LogP contribution in [0.25, 0.3) is 0 Å². The van der Waals surface area contributed by atoms with Crippen molar-refractivity contribution in [3.8, 4) is 0 Å². The number of likely N-dealkylation sites (tertiary alicyclic amines) is 1. The lowest BCUT2D eigenvalue weighted by atomic mass is 10.3. The SMILES string of the molecule is CC.CN1CCC1.COC1CC1. The standard InChI is InChI=1S/C4H9N.C4H8O.C2H6/c1-5-3-2-4-5;1-5-4-2-3-4;1-2/h2-4H2,1H3;4H,2-3H2,1H3;1-2H3. The summed E-state index contributed by atoms with van der Waals surface area (Å²) in [6, 6.07) is 0. The smallest absolute Gasteiger partial charge is 0.0573 e. The van der Waals surface area contributed by atoms with Crippen LogP contribution < -0.4 is 0 Å². The highest BCUT2D eigenvalue weighted by atomic mass is 16.5. The summed E-state index contributed by atoms with van der Waals surface area (Å²) in [7, 11) is 3.90. The van der Waals surface area contributed by atoms with E-state index < -0.39 is 0 Å². The van der Waals surface area contributed by atoms with Crippen LogP contribution in [-0.2, 0) is 4.74 Å². The largest absolute Gasteiger partial charge is 0.381 e. The number of rotatable bonds is 1. The van der Waals surface area contributed by atoms with Crippen molar-refractivity contribution >= 4 is 0 Å². The Balaban J connectivity index is 0.000000168. The molecule has 2 fully saturated rings. The van der Waals surface area contributed by atoms with Gasteiger partial charge in [-0.25, -0.2) is 0 Å². The van der Waals surface area contributed by atoms with Gasteiger partial charge in [0.05, 0.1) is 6.10 Å². The topological polar surface area (TPSA) is 12.5 Å². The quantitative estimate of drug-likeness (QED) is 0.602. The van der Waals surface area contributed by atoms with Crippen LogP contribution in [0.3, 0.4) is 0 Å². The second-order valence-corrected chi connectivity index (χ2v) is 3.09. The van der Waals surface area contributed by atoms with E-state index in [0.29, 0.717) is 6.10 Å². The predicted octanol–water partition coefficient (Wildman–Crippen LogP) is 2.14. The van der Waals surface area contributed by atoms with E-state index in [1.54, 1.807) is 7.11 Å². The van der Waals surface area contributed by atoms with Crippen LogP contribution in [0.4, 0.5) is 0 Å². The molecule has 1 saturated carbocycles. The molecule has 0 aromatic rings. The van der Waals surface area contributed by atoms with Crippen molar-refractivity contribution in [2.75, 3.05) is 27.2 Å². The van der Waals surface area contributed by atoms with Crippen molar-refractivity contribution in [3.05, 3.63) is 0 Å². The first-order chi connectivity index (χ1) is 5.83. The molecular weight excluding hydrogens is 150 g/mol. The summed E-state index contributed by atoms with van der Waals surface area (Å²) in [5.41, 5.74) is 0. The second-order valence-electron chi connectivity index (χ2n) is 3.09. The van der Waals surface area contributed by atoms with E-state index in [2.05, 4.69) is 11.9 Å². The molecule has 2 nitrogen and oxygen atoms in total. The van der Waals surface area contributed by atoms with Crippen LogP contribution in [0.15, 0.2) is 0 Å². The summed E-state index contributed by atoms with van der Waals surface area (Å²) in [6.45, 7) is 6.64. The van der Waals surface area contributed by atoms with E-state index in [-0.39, 0.29) is 0 Å². The van der Waals surface area contributed by atoms with E-state index in [1.165, 1.54) is 32.4 Å². The Morgan fingerprint density at radius 1 is 1.17 bits per heavy atom. The summed E-state index contributed by atoms with van der Waals surface area (Å²) in [6.07, 6.45) is 4.62. The first kappa shape index (κ1) is 11.9. The summed E-state index contributed by atoms with van der Waals surface area (Å²) in [4.78, 5) is 2.31. The molecule has 0 unspecified atom stereocenters. The lowest BCUT2D eigenvalue weighted by Gasteiger charge is -2.24. The average molecular weight is 173 g/mol. The van der Waals surface area contributed by atoms with Gasteiger partial charge in [-0.15, -0.1) is 0 Å². The Morgan fingerprint density at radius 3 is 1.58 bits per heavy atom. The Morgan fingerprint density at radius 2 is 1.58 bits per heavy atom. The molecule has 0 amide bonds. The van der Waals surface area contributed by atoms with Gasteiger partial charge in [-0.1, -0.05) is 13.8 Å². The Kier molecular flexibility index (Phi) is 7.51. The van der Waals surface area contributed by atoms with Gasteiger partial charge >= 0.3 is 0 Å². The fourth-order valence-corrected chi connectivity index (χ4v) is 0.778. The molecule has 12 heavy (non-hydrogen) atoms. The zero-order valence-electron chi connectivity index (χ0n) is 8.97. The number of nitrogens with zero attached hydrogens (tertiary/aromatic N) is 1. The minimum Gasteiger partial charge on any atom is -0.381 e. The van der Waals surface area contributed by atoms with E-state index in [1.807, 2.05) is 13.8 Å². The van der Waals surface area contributed by atoms with Crippen molar-refractivity contribution in [2.24, 2.45) is 0 Å². The van der Waals surface area contributed by atoms with Gasteiger partial charge < -0.3 is 9.64 Å².